The van der Waals surface area contributed by atoms with Crippen molar-refractivity contribution in [3.63, 3.8) is 0 Å². The third-order valence-electron chi connectivity index (χ3n) is 4.93. The molecule has 2 aliphatic heterocycles. The number of aryl methyl sites for hydroxylation is 2. The van der Waals surface area contributed by atoms with E-state index in [1.807, 2.05) is 0 Å². The molecule has 2 atom stereocenters. The van der Waals surface area contributed by atoms with Gasteiger partial charge in [-0.25, -0.2) is 12.8 Å². The van der Waals surface area contributed by atoms with Gasteiger partial charge in [0.15, 0.2) is 15.6 Å². The van der Waals surface area contributed by atoms with Crippen LogP contribution in [0.1, 0.15) is 47.2 Å². The molecule has 0 radical (unpaired) electrons. The van der Waals surface area contributed by atoms with Crippen LogP contribution in [-0.4, -0.2) is 24.7 Å². The second-order valence-corrected chi connectivity index (χ2v) is 8.88. The third-order valence-corrected chi connectivity index (χ3v) is 7.64. The Kier molecular flexibility index (Phi) is 3.43. The maximum Gasteiger partial charge on any atom is 0.166 e. The van der Waals surface area contributed by atoms with Gasteiger partial charge in [0.1, 0.15) is 5.82 Å². The van der Waals surface area contributed by atoms with E-state index in [4.69, 9.17) is 0 Å². The largest absolute Gasteiger partial charge is 0.294 e. The van der Waals surface area contributed by atoms with Crippen LogP contribution >= 0.6 is 0 Å². The minimum absolute atomic E-state index is 0.0343. The van der Waals surface area contributed by atoms with Crippen LogP contribution in [0.25, 0.3) is 0 Å². The van der Waals surface area contributed by atoms with E-state index < -0.39 is 9.84 Å². The molecule has 0 saturated carbocycles. The van der Waals surface area contributed by atoms with E-state index in [0.29, 0.717) is 42.4 Å². The number of carbonyl (C=O) groups excluding carboxylic acids is 1. The van der Waals surface area contributed by atoms with Crippen molar-refractivity contribution in [1.82, 2.24) is 0 Å². The Hall–Kier alpha value is -1.23. The van der Waals surface area contributed by atoms with Crippen molar-refractivity contribution in [3.8, 4) is 0 Å². The van der Waals surface area contributed by atoms with Gasteiger partial charge >= 0.3 is 0 Å². The molecule has 2 heterocycles. The topological polar surface area (TPSA) is 51.2 Å². The lowest BCUT2D eigenvalue weighted by Crippen LogP contribution is -2.36. The molecule has 2 aliphatic rings. The Labute approximate surface area is 124 Å². The van der Waals surface area contributed by atoms with E-state index in [-0.39, 0.29) is 28.0 Å². The highest BCUT2D eigenvalue weighted by atomic mass is 32.2. The Morgan fingerprint density at radius 2 is 1.57 bits per heavy atom. The number of halogens is 1. The predicted molar refractivity (Wildman–Crippen MR) is 78.7 cm³/mol. The summed E-state index contributed by atoms with van der Waals surface area (Å²) in [6, 6.07) is 3.16. The van der Waals surface area contributed by atoms with E-state index in [0.717, 1.165) is 0 Å². The fourth-order valence-electron chi connectivity index (χ4n) is 3.75. The number of hydrogen-bond acceptors (Lipinski definition) is 3. The first-order valence-electron chi connectivity index (χ1n) is 7.34. The molecule has 0 amide bonds. The van der Waals surface area contributed by atoms with Gasteiger partial charge in [0, 0.05) is 11.5 Å². The number of ketones is 1. The summed E-state index contributed by atoms with van der Waals surface area (Å²) in [5.74, 6) is -0.555. The van der Waals surface area contributed by atoms with Gasteiger partial charge in [0.05, 0.1) is 10.5 Å². The highest BCUT2D eigenvalue weighted by Gasteiger charge is 2.48. The molecular weight excluding hydrogens is 291 g/mol. The average molecular weight is 310 g/mol. The van der Waals surface area contributed by atoms with Gasteiger partial charge in [0.2, 0.25) is 0 Å². The van der Waals surface area contributed by atoms with Gasteiger partial charge in [-0.3, -0.25) is 4.79 Å². The van der Waals surface area contributed by atoms with Crippen LogP contribution in [0.15, 0.2) is 12.1 Å². The molecular formula is C16H19FO3S. The quantitative estimate of drug-likeness (QED) is 0.789. The minimum atomic E-state index is -3.01. The Balaban J connectivity index is 1.88. The highest BCUT2D eigenvalue weighted by Crippen LogP contribution is 2.42. The molecule has 2 saturated heterocycles. The van der Waals surface area contributed by atoms with Crippen LogP contribution in [0.2, 0.25) is 0 Å². The summed E-state index contributed by atoms with van der Waals surface area (Å²) >= 11 is 0. The molecule has 5 heteroatoms. The first-order valence-corrected chi connectivity index (χ1v) is 8.95. The van der Waals surface area contributed by atoms with Crippen molar-refractivity contribution in [2.75, 3.05) is 0 Å². The second-order valence-electron chi connectivity index (χ2n) is 6.37. The Bertz CT molecular complexity index is 665. The van der Waals surface area contributed by atoms with Gasteiger partial charge < -0.3 is 0 Å². The van der Waals surface area contributed by atoms with Gasteiger partial charge in [-0.15, -0.1) is 0 Å². The fourth-order valence-corrected chi connectivity index (χ4v) is 6.22. The van der Waals surface area contributed by atoms with Gasteiger partial charge in [-0.2, -0.15) is 0 Å². The molecule has 3 rings (SSSR count). The van der Waals surface area contributed by atoms with E-state index in [1.165, 1.54) is 0 Å². The Morgan fingerprint density at radius 3 is 2.05 bits per heavy atom. The lowest BCUT2D eigenvalue weighted by Gasteiger charge is -2.27. The van der Waals surface area contributed by atoms with Crippen molar-refractivity contribution in [2.45, 2.75) is 50.0 Å². The van der Waals surface area contributed by atoms with Gasteiger partial charge in [-0.1, -0.05) is 0 Å². The summed E-state index contributed by atoms with van der Waals surface area (Å²) in [6.45, 7) is 3.29. The fraction of sp³-hybridized carbons (Fsp3) is 0.562. The van der Waals surface area contributed by atoms with E-state index in [1.54, 1.807) is 26.0 Å². The third kappa shape index (κ3) is 2.31. The first-order chi connectivity index (χ1) is 9.80. The molecule has 2 unspecified atom stereocenters. The number of Topliss-reactive ketones (excluding diaryl/α,β-unsaturated/α-hetero) is 1. The van der Waals surface area contributed by atoms with Crippen LogP contribution in [0.5, 0.6) is 0 Å². The molecule has 0 spiro atoms. The molecule has 0 aromatic heterocycles. The molecule has 114 valence electrons. The normalized spacial score (nSPS) is 30.3. The van der Waals surface area contributed by atoms with Crippen LogP contribution in [0, 0.1) is 25.6 Å². The van der Waals surface area contributed by atoms with Crippen molar-refractivity contribution in [2.24, 2.45) is 5.92 Å². The van der Waals surface area contributed by atoms with E-state index >= 15 is 0 Å². The zero-order chi connectivity index (χ0) is 15.4. The molecule has 0 N–H and O–H groups in total. The molecule has 1 aromatic carbocycles. The maximum atomic E-state index is 13.7. The number of carbonyl (C=O) groups is 1. The SMILES string of the molecule is Cc1cc(C(=O)C2CC3CCC(C2)S3(=O)=O)cc(C)c1F. The van der Waals surface area contributed by atoms with E-state index in [9.17, 15) is 17.6 Å². The van der Waals surface area contributed by atoms with Crippen LogP contribution in [0.4, 0.5) is 4.39 Å². The molecule has 0 aliphatic carbocycles. The van der Waals surface area contributed by atoms with Crippen molar-refractivity contribution in [1.29, 1.82) is 0 Å². The number of rotatable bonds is 2. The summed E-state index contributed by atoms with van der Waals surface area (Å²) < 4.78 is 37.8. The molecule has 3 nitrogen and oxygen atoms in total. The van der Waals surface area contributed by atoms with Crippen molar-refractivity contribution < 1.29 is 17.6 Å². The van der Waals surface area contributed by atoms with Gasteiger partial charge in [-0.05, 0) is 62.8 Å². The van der Waals surface area contributed by atoms with E-state index in [2.05, 4.69) is 0 Å². The Morgan fingerprint density at radius 1 is 1.10 bits per heavy atom. The standard InChI is InChI=1S/C16H19FO3S/c1-9-5-11(6-10(2)15(9)17)16(18)12-7-13-3-4-14(8-12)21(13,19)20/h5-6,12-14H,3-4,7-8H2,1-2H3. The highest BCUT2D eigenvalue weighted by molar-refractivity contribution is 7.93. The van der Waals surface area contributed by atoms with Crippen LogP contribution in [-0.2, 0) is 9.84 Å². The molecule has 2 bridgehead atoms. The zero-order valence-electron chi connectivity index (χ0n) is 12.2. The van der Waals surface area contributed by atoms with Crippen molar-refractivity contribution >= 4 is 15.6 Å². The summed E-state index contributed by atoms with van der Waals surface area (Å²) in [5.41, 5.74) is 1.43. The second kappa shape index (κ2) is 4.90. The van der Waals surface area contributed by atoms with Crippen LogP contribution < -0.4 is 0 Å². The van der Waals surface area contributed by atoms with Crippen LogP contribution in [0.3, 0.4) is 0 Å². The van der Waals surface area contributed by atoms with Crippen molar-refractivity contribution in [3.05, 3.63) is 34.6 Å². The lowest BCUT2D eigenvalue weighted by molar-refractivity contribution is 0.0905. The minimum Gasteiger partial charge on any atom is -0.294 e. The summed E-state index contributed by atoms with van der Waals surface area (Å²) in [6.07, 6.45) is 2.21. The summed E-state index contributed by atoms with van der Waals surface area (Å²) in [5, 5.41) is -0.708. The smallest absolute Gasteiger partial charge is 0.166 e. The molecule has 1 aromatic rings. The lowest BCUT2D eigenvalue weighted by atomic mass is 9.89. The number of hydrogen-bond donors (Lipinski definition) is 0. The monoisotopic (exact) mass is 310 g/mol. The summed E-state index contributed by atoms with van der Waals surface area (Å²) in [4.78, 5) is 12.6. The number of sulfone groups is 1. The molecule has 2 fully saturated rings. The first kappa shape index (κ1) is 14.7. The number of fused-ring (bicyclic) bond motifs is 2. The number of benzene rings is 1. The zero-order valence-corrected chi connectivity index (χ0v) is 13.0. The maximum absolute atomic E-state index is 13.7. The molecule has 21 heavy (non-hydrogen) atoms. The van der Waals surface area contributed by atoms with Gasteiger partial charge in [0.25, 0.3) is 0 Å². The average Bonchev–Trinajstić information content (AvgIpc) is 2.63. The summed E-state index contributed by atoms with van der Waals surface area (Å²) in [7, 11) is -3.01. The predicted octanol–water partition coefficient (Wildman–Crippen LogP) is 2.98.